The number of rotatable bonds is 6. The van der Waals surface area contributed by atoms with Crippen LogP contribution in [0.2, 0.25) is 0 Å². The van der Waals surface area contributed by atoms with Crippen LogP contribution in [0.15, 0.2) is 4.42 Å². The highest BCUT2D eigenvalue weighted by molar-refractivity contribution is 5.90. The fourth-order valence-electron chi connectivity index (χ4n) is 1.49. The standard InChI is InChI=1S/C12H20N4O3/c1-12(2,7-17)16(3)6-9(18)13-11-15-14-10(19-11)8-4-5-8/h8,17H,4-7H2,1-3H3,(H,13,15,18). The summed E-state index contributed by atoms with van der Waals surface area (Å²) in [4.78, 5) is 13.6. The number of carbonyl (C=O) groups excluding carboxylic acids is 1. The third kappa shape index (κ3) is 3.51. The fraction of sp³-hybridized carbons (Fsp3) is 0.750. The van der Waals surface area contributed by atoms with Crippen molar-refractivity contribution in [3.05, 3.63) is 5.89 Å². The Morgan fingerprint density at radius 2 is 2.21 bits per heavy atom. The molecule has 0 saturated heterocycles. The molecule has 0 atom stereocenters. The van der Waals surface area contributed by atoms with Crippen LogP contribution >= 0.6 is 0 Å². The van der Waals surface area contributed by atoms with Crippen LogP contribution < -0.4 is 5.32 Å². The Hall–Kier alpha value is -1.47. The molecule has 1 aliphatic rings. The van der Waals surface area contributed by atoms with E-state index in [0.717, 1.165) is 12.8 Å². The lowest BCUT2D eigenvalue weighted by Gasteiger charge is -2.32. The van der Waals surface area contributed by atoms with Gasteiger partial charge in [-0.2, -0.15) is 0 Å². The summed E-state index contributed by atoms with van der Waals surface area (Å²) in [6.45, 7) is 3.84. The van der Waals surface area contributed by atoms with Gasteiger partial charge in [0.15, 0.2) is 0 Å². The van der Waals surface area contributed by atoms with Crippen LogP contribution in [0.5, 0.6) is 0 Å². The van der Waals surface area contributed by atoms with E-state index < -0.39 is 5.54 Å². The monoisotopic (exact) mass is 268 g/mol. The maximum Gasteiger partial charge on any atom is 0.322 e. The lowest BCUT2D eigenvalue weighted by atomic mass is 10.1. The van der Waals surface area contributed by atoms with Gasteiger partial charge in [-0.05, 0) is 33.7 Å². The maximum atomic E-state index is 11.8. The number of hydrogen-bond acceptors (Lipinski definition) is 6. The predicted octanol–water partition coefficient (Wildman–Crippen LogP) is 0.588. The van der Waals surface area contributed by atoms with Crippen LogP contribution in [0, 0.1) is 0 Å². The van der Waals surface area contributed by atoms with Gasteiger partial charge in [0.05, 0.1) is 13.2 Å². The second-order valence-corrected chi connectivity index (χ2v) is 5.59. The van der Waals surface area contributed by atoms with Gasteiger partial charge in [-0.25, -0.2) is 0 Å². The first kappa shape index (κ1) is 14.0. The molecule has 106 valence electrons. The van der Waals surface area contributed by atoms with Crippen molar-refractivity contribution in [2.75, 3.05) is 25.5 Å². The number of likely N-dealkylation sites (N-methyl/N-ethyl adjacent to an activating group) is 1. The highest BCUT2D eigenvalue weighted by atomic mass is 16.4. The first-order valence-corrected chi connectivity index (χ1v) is 6.38. The average molecular weight is 268 g/mol. The minimum absolute atomic E-state index is 0.0246. The van der Waals surface area contributed by atoms with E-state index in [1.807, 2.05) is 13.8 Å². The van der Waals surface area contributed by atoms with Crippen LogP contribution in [-0.4, -0.2) is 51.8 Å². The van der Waals surface area contributed by atoms with Gasteiger partial charge in [-0.1, -0.05) is 5.10 Å². The topological polar surface area (TPSA) is 91.5 Å². The van der Waals surface area contributed by atoms with Crippen molar-refractivity contribution in [3.8, 4) is 0 Å². The highest BCUT2D eigenvalue weighted by Crippen LogP contribution is 2.39. The Balaban J connectivity index is 1.86. The molecule has 1 aromatic rings. The normalized spacial score (nSPS) is 15.8. The molecule has 0 bridgehead atoms. The molecule has 2 N–H and O–H groups in total. The van der Waals surface area contributed by atoms with E-state index in [0.29, 0.717) is 11.8 Å². The predicted molar refractivity (Wildman–Crippen MR) is 68.7 cm³/mol. The van der Waals surface area contributed by atoms with Crippen molar-refractivity contribution in [2.45, 2.75) is 38.1 Å². The molecular formula is C12H20N4O3. The lowest BCUT2D eigenvalue weighted by molar-refractivity contribution is -0.118. The van der Waals surface area contributed by atoms with Crippen molar-refractivity contribution in [3.63, 3.8) is 0 Å². The average Bonchev–Trinajstić information content (AvgIpc) is 3.10. The van der Waals surface area contributed by atoms with Crippen LogP contribution in [0.4, 0.5) is 6.01 Å². The zero-order valence-corrected chi connectivity index (χ0v) is 11.5. The fourth-order valence-corrected chi connectivity index (χ4v) is 1.49. The molecule has 0 aliphatic heterocycles. The van der Waals surface area contributed by atoms with E-state index in [1.54, 1.807) is 11.9 Å². The van der Waals surface area contributed by atoms with Gasteiger partial charge in [-0.15, -0.1) is 5.10 Å². The lowest BCUT2D eigenvalue weighted by Crippen LogP contribution is -2.47. The van der Waals surface area contributed by atoms with Gasteiger partial charge >= 0.3 is 6.01 Å². The molecule has 0 radical (unpaired) electrons. The van der Waals surface area contributed by atoms with Crippen molar-refractivity contribution >= 4 is 11.9 Å². The van der Waals surface area contributed by atoms with Gasteiger partial charge in [0.2, 0.25) is 11.8 Å². The molecule has 0 spiro atoms. The number of carbonyl (C=O) groups is 1. The smallest absolute Gasteiger partial charge is 0.322 e. The minimum Gasteiger partial charge on any atom is -0.408 e. The molecule has 1 aliphatic carbocycles. The largest absolute Gasteiger partial charge is 0.408 e. The van der Waals surface area contributed by atoms with Crippen LogP contribution in [-0.2, 0) is 4.79 Å². The van der Waals surface area contributed by atoms with Crippen LogP contribution in [0.1, 0.15) is 38.5 Å². The molecule has 1 fully saturated rings. The molecule has 0 unspecified atom stereocenters. The van der Waals surface area contributed by atoms with E-state index in [2.05, 4.69) is 15.5 Å². The zero-order valence-electron chi connectivity index (χ0n) is 11.5. The molecule has 2 rings (SSSR count). The van der Waals surface area contributed by atoms with Crippen LogP contribution in [0.3, 0.4) is 0 Å². The Kier molecular flexibility index (Phi) is 3.86. The Morgan fingerprint density at radius 3 is 2.79 bits per heavy atom. The quantitative estimate of drug-likeness (QED) is 0.784. The summed E-state index contributed by atoms with van der Waals surface area (Å²) in [5.41, 5.74) is -0.453. The Morgan fingerprint density at radius 1 is 1.53 bits per heavy atom. The van der Waals surface area contributed by atoms with E-state index in [9.17, 15) is 9.90 Å². The van der Waals surface area contributed by atoms with E-state index in [-0.39, 0.29) is 25.1 Å². The number of aliphatic hydroxyl groups is 1. The van der Waals surface area contributed by atoms with Crippen molar-refractivity contribution in [1.82, 2.24) is 15.1 Å². The van der Waals surface area contributed by atoms with Gasteiger partial charge in [0.1, 0.15) is 0 Å². The summed E-state index contributed by atoms with van der Waals surface area (Å²) in [7, 11) is 1.78. The SMILES string of the molecule is CN(CC(=O)Nc1nnc(C2CC2)o1)C(C)(C)CO. The van der Waals surface area contributed by atoms with Gasteiger partial charge in [0, 0.05) is 11.5 Å². The van der Waals surface area contributed by atoms with Crippen molar-refractivity contribution in [2.24, 2.45) is 0 Å². The molecule has 1 aromatic heterocycles. The number of amides is 1. The summed E-state index contributed by atoms with van der Waals surface area (Å²) in [6.07, 6.45) is 2.14. The number of aromatic nitrogens is 2. The minimum atomic E-state index is -0.453. The Labute approximate surface area is 112 Å². The highest BCUT2D eigenvalue weighted by Gasteiger charge is 2.30. The van der Waals surface area contributed by atoms with Crippen molar-refractivity contribution in [1.29, 1.82) is 0 Å². The van der Waals surface area contributed by atoms with Gasteiger partial charge < -0.3 is 9.52 Å². The molecule has 1 heterocycles. The summed E-state index contributed by atoms with van der Waals surface area (Å²) in [5.74, 6) is 0.725. The second kappa shape index (κ2) is 5.26. The molecule has 1 amide bonds. The molecule has 0 aromatic carbocycles. The van der Waals surface area contributed by atoms with Crippen molar-refractivity contribution < 1.29 is 14.3 Å². The first-order valence-electron chi connectivity index (χ1n) is 6.38. The number of hydrogen-bond donors (Lipinski definition) is 2. The number of aliphatic hydroxyl groups excluding tert-OH is 1. The molecule has 7 nitrogen and oxygen atoms in total. The first-order chi connectivity index (χ1) is 8.92. The number of nitrogens with one attached hydrogen (secondary N) is 1. The molecular weight excluding hydrogens is 248 g/mol. The summed E-state index contributed by atoms with van der Waals surface area (Å²) >= 11 is 0. The third-order valence-corrected chi connectivity index (χ3v) is 3.41. The van der Waals surface area contributed by atoms with Gasteiger partial charge in [-0.3, -0.25) is 15.0 Å². The summed E-state index contributed by atoms with van der Waals surface area (Å²) in [6, 6.07) is 0.141. The number of nitrogens with zero attached hydrogens (tertiary/aromatic N) is 3. The summed E-state index contributed by atoms with van der Waals surface area (Å²) in [5, 5.41) is 19.5. The second-order valence-electron chi connectivity index (χ2n) is 5.59. The van der Waals surface area contributed by atoms with Crippen LogP contribution in [0.25, 0.3) is 0 Å². The van der Waals surface area contributed by atoms with Gasteiger partial charge in [0.25, 0.3) is 0 Å². The Bertz CT molecular complexity index is 454. The van der Waals surface area contributed by atoms with E-state index in [1.165, 1.54) is 0 Å². The molecule has 19 heavy (non-hydrogen) atoms. The van der Waals surface area contributed by atoms with E-state index in [4.69, 9.17) is 4.42 Å². The van der Waals surface area contributed by atoms with E-state index >= 15 is 0 Å². The molecule has 7 heteroatoms. The summed E-state index contributed by atoms with van der Waals surface area (Å²) < 4.78 is 5.35. The molecule has 1 saturated carbocycles. The maximum absolute atomic E-state index is 11.8. The number of anilines is 1. The zero-order chi connectivity index (χ0) is 14.0. The third-order valence-electron chi connectivity index (χ3n) is 3.41.